The molecule has 2 aromatic heterocycles. The molecule has 0 saturated carbocycles. The number of rotatable bonds is 7. The van der Waals surface area contributed by atoms with E-state index in [0.29, 0.717) is 47.2 Å². The number of nitrogens with zero attached hydrogens (tertiary/aromatic N) is 5. The summed E-state index contributed by atoms with van der Waals surface area (Å²) in [6, 6.07) is 7.44. The molecule has 3 aromatic rings. The minimum atomic E-state index is -0.178. The van der Waals surface area contributed by atoms with Crippen LogP contribution in [0.15, 0.2) is 40.1 Å². The molecule has 0 spiro atoms. The zero-order valence-corrected chi connectivity index (χ0v) is 20.0. The molecule has 0 bridgehead atoms. The molecule has 0 unspecified atom stereocenters. The third kappa shape index (κ3) is 4.96. The Morgan fingerprint density at radius 1 is 1.18 bits per heavy atom. The number of hydrogen-bond acceptors (Lipinski definition) is 8. The molecule has 0 radical (unpaired) electrons. The van der Waals surface area contributed by atoms with Gasteiger partial charge in [-0.25, -0.2) is 9.97 Å². The van der Waals surface area contributed by atoms with Crippen molar-refractivity contribution in [1.82, 2.24) is 19.4 Å². The first-order valence-electron chi connectivity index (χ1n) is 10.7. The number of aromatic nitrogens is 3. The SMILES string of the molecule is CCc1coc(CSc2nc3c(n2Cc2cccc(C(C)=O)c2)C(=O)N(C)COCN3C)n1. The Morgan fingerprint density at radius 3 is 2.70 bits per heavy atom. The molecule has 33 heavy (non-hydrogen) atoms. The third-order valence-corrected chi connectivity index (χ3v) is 6.32. The molecule has 174 valence electrons. The van der Waals surface area contributed by atoms with Gasteiger partial charge in [-0.05, 0) is 25.0 Å². The van der Waals surface area contributed by atoms with E-state index in [1.807, 2.05) is 41.6 Å². The van der Waals surface area contributed by atoms with Gasteiger partial charge in [-0.2, -0.15) is 0 Å². The van der Waals surface area contributed by atoms with E-state index in [1.165, 1.54) is 16.7 Å². The lowest BCUT2D eigenvalue weighted by Crippen LogP contribution is -2.37. The smallest absolute Gasteiger partial charge is 0.275 e. The lowest BCUT2D eigenvalue weighted by molar-refractivity contribution is 0.0311. The van der Waals surface area contributed by atoms with Crippen LogP contribution in [0.5, 0.6) is 0 Å². The van der Waals surface area contributed by atoms with E-state index in [4.69, 9.17) is 14.1 Å². The number of ether oxygens (including phenoxy) is 1. The standard InChI is InChI=1S/C23H27N5O4S/c1-5-18-11-32-19(24-18)12-33-23-25-21-20(22(30)27(4)14-31-13-26(21)3)28(23)10-16-7-6-8-17(9-16)15(2)29/h6-9,11H,5,10,12-14H2,1-4H3. The number of carbonyl (C=O) groups is 2. The lowest BCUT2D eigenvalue weighted by Gasteiger charge is -2.26. The van der Waals surface area contributed by atoms with Crippen LogP contribution in [0.25, 0.3) is 0 Å². The number of aryl methyl sites for hydroxylation is 1. The molecular weight excluding hydrogens is 442 g/mol. The van der Waals surface area contributed by atoms with Crippen molar-refractivity contribution in [1.29, 1.82) is 0 Å². The number of Topliss-reactive ketones (excluding diaryl/α,β-unsaturated/α-hetero) is 1. The number of imidazole rings is 1. The molecular formula is C23H27N5O4S. The predicted octanol–water partition coefficient (Wildman–Crippen LogP) is 3.43. The number of anilines is 1. The normalized spacial score (nSPS) is 14.2. The van der Waals surface area contributed by atoms with Gasteiger partial charge in [0.1, 0.15) is 19.7 Å². The molecule has 0 atom stereocenters. The Balaban J connectivity index is 1.75. The van der Waals surface area contributed by atoms with Gasteiger partial charge in [0, 0.05) is 19.7 Å². The van der Waals surface area contributed by atoms with E-state index in [1.54, 1.807) is 26.3 Å². The van der Waals surface area contributed by atoms with E-state index >= 15 is 0 Å². The molecule has 1 amide bonds. The van der Waals surface area contributed by atoms with Crippen LogP contribution >= 0.6 is 11.8 Å². The average Bonchev–Trinajstić information content (AvgIpc) is 3.41. The second kappa shape index (κ2) is 9.80. The van der Waals surface area contributed by atoms with Crippen molar-refractivity contribution in [2.45, 2.75) is 37.7 Å². The summed E-state index contributed by atoms with van der Waals surface area (Å²) < 4.78 is 13.1. The van der Waals surface area contributed by atoms with Crippen LogP contribution in [-0.2, 0) is 23.5 Å². The van der Waals surface area contributed by atoms with E-state index in [-0.39, 0.29) is 18.4 Å². The van der Waals surface area contributed by atoms with Crippen molar-refractivity contribution in [3.05, 3.63) is 58.9 Å². The summed E-state index contributed by atoms with van der Waals surface area (Å²) in [4.78, 5) is 37.8. The molecule has 0 fully saturated rings. The Morgan fingerprint density at radius 2 is 1.97 bits per heavy atom. The first-order valence-corrected chi connectivity index (χ1v) is 11.7. The lowest BCUT2D eigenvalue weighted by atomic mass is 10.1. The maximum Gasteiger partial charge on any atom is 0.275 e. The zero-order chi connectivity index (χ0) is 23.5. The maximum absolute atomic E-state index is 13.3. The number of carbonyl (C=O) groups excluding carboxylic acids is 2. The Hall–Kier alpha value is -3.11. The molecule has 0 saturated heterocycles. The average molecular weight is 470 g/mol. The van der Waals surface area contributed by atoms with Gasteiger partial charge in [0.05, 0.1) is 18.0 Å². The van der Waals surface area contributed by atoms with Crippen LogP contribution in [0.2, 0.25) is 0 Å². The number of ketones is 1. The fraction of sp³-hybridized carbons (Fsp3) is 0.391. The minimum absolute atomic E-state index is 0.00397. The molecule has 10 heteroatoms. The molecule has 3 heterocycles. The largest absolute Gasteiger partial charge is 0.448 e. The molecule has 1 aliphatic heterocycles. The highest BCUT2D eigenvalue weighted by atomic mass is 32.2. The van der Waals surface area contributed by atoms with Gasteiger partial charge in [0.2, 0.25) is 5.89 Å². The summed E-state index contributed by atoms with van der Waals surface area (Å²) >= 11 is 1.46. The van der Waals surface area contributed by atoms with Gasteiger partial charge >= 0.3 is 0 Å². The Labute approximate surface area is 196 Å². The van der Waals surface area contributed by atoms with E-state index in [0.717, 1.165) is 17.7 Å². The Bertz CT molecular complexity index is 1170. The number of oxazole rings is 1. The third-order valence-electron chi connectivity index (χ3n) is 5.36. The van der Waals surface area contributed by atoms with E-state index in [2.05, 4.69) is 4.98 Å². The zero-order valence-electron chi connectivity index (χ0n) is 19.2. The highest BCUT2D eigenvalue weighted by molar-refractivity contribution is 7.98. The number of thioether (sulfide) groups is 1. The quantitative estimate of drug-likeness (QED) is 0.384. The van der Waals surface area contributed by atoms with Gasteiger partial charge in [0.25, 0.3) is 5.91 Å². The summed E-state index contributed by atoms with van der Waals surface area (Å²) in [6.45, 7) is 4.46. The van der Waals surface area contributed by atoms with Crippen LogP contribution < -0.4 is 4.90 Å². The van der Waals surface area contributed by atoms with E-state index < -0.39 is 0 Å². The number of benzene rings is 1. The summed E-state index contributed by atoms with van der Waals surface area (Å²) in [5.41, 5.74) is 2.92. The summed E-state index contributed by atoms with van der Waals surface area (Å²) in [6.07, 6.45) is 2.47. The summed E-state index contributed by atoms with van der Waals surface area (Å²) in [5.74, 6) is 1.46. The fourth-order valence-electron chi connectivity index (χ4n) is 3.54. The molecule has 4 rings (SSSR count). The summed E-state index contributed by atoms with van der Waals surface area (Å²) in [5, 5.41) is 0.667. The van der Waals surface area contributed by atoms with Gasteiger partial charge in [-0.1, -0.05) is 36.9 Å². The highest BCUT2D eigenvalue weighted by Gasteiger charge is 2.30. The van der Waals surface area contributed by atoms with Crippen LogP contribution in [0.3, 0.4) is 0 Å². The number of hydrogen-bond donors (Lipinski definition) is 0. The van der Waals surface area contributed by atoms with Crippen LogP contribution in [0, 0.1) is 0 Å². The fourth-order valence-corrected chi connectivity index (χ4v) is 4.39. The highest BCUT2D eigenvalue weighted by Crippen LogP contribution is 2.31. The topological polar surface area (TPSA) is 93.7 Å². The summed E-state index contributed by atoms with van der Waals surface area (Å²) in [7, 11) is 3.55. The van der Waals surface area contributed by atoms with Crippen molar-refractivity contribution >= 4 is 29.3 Å². The van der Waals surface area contributed by atoms with Crippen LogP contribution in [0.4, 0.5) is 5.82 Å². The first kappa shape index (κ1) is 23.1. The second-order valence-corrected chi connectivity index (χ2v) is 8.89. The van der Waals surface area contributed by atoms with Crippen LogP contribution in [-0.4, -0.2) is 58.7 Å². The van der Waals surface area contributed by atoms with Crippen molar-refractivity contribution in [3.63, 3.8) is 0 Å². The van der Waals surface area contributed by atoms with Crippen molar-refractivity contribution < 1.29 is 18.7 Å². The number of amides is 1. The second-order valence-electron chi connectivity index (χ2n) is 7.95. The first-order chi connectivity index (χ1) is 15.9. The maximum atomic E-state index is 13.3. The van der Waals surface area contributed by atoms with Gasteiger partial charge < -0.3 is 23.5 Å². The van der Waals surface area contributed by atoms with Crippen molar-refractivity contribution in [2.75, 3.05) is 32.5 Å². The molecule has 0 aliphatic carbocycles. The van der Waals surface area contributed by atoms with Gasteiger partial charge in [-0.15, -0.1) is 0 Å². The molecule has 1 aliphatic rings. The minimum Gasteiger partial charge on any atom is -0.448 e. The predicted molar refractivity (Wildman–Crippen MR) is 125 cm³/mol. The van der Waals surface area contributed by atoms with Crippen molar-refractivity contribution in [2.24, 2.45) is 0 Å². The number of fused-ring (bicyclic) bond motifs is 1. The van der Waals surface area contributed by atoms with Gasteiger partial charge in [0.15, 0.2) is 22.5 Å². The molecule has 0 N–H and O–H groups in total. The van der Waals surface area contributed by atoms with Gasteiger partial charge in [-0.3, -0.25) is 9.59 Å². The van der Waals surface area contributed by atoms with E-state index in [9.17, 15) is 9.59 Å². The molecule has 9 nitrogen and oxygen atoms in total. The molecule has 1 aromatic carbocycles. The Kier molecular flexibility index (Phi) is 6.85. The van der Waals surface area contributed by atoms with Crippen molar-refractivity contribution in [3.8, 4) is 0 Å². The monoisotopic (exact) mass is 469 g/mol. The van der Waals surface area contributed by atoms with Crippen LogP contribution in [0.1, 0.15) is 51.8 Å².